The minimum atomic E-state index is -0.405. The molecule has 0 amide bonds. The zero-order chi connectivity index (χ0) is 11.3. The van der Waals surface area contributed by atoms with E-state index in [1.807, 2.05) is 24.3 Å². The van der Waals surface area contributed by atoms with E-state index in [1.54, 1.807) is 13.2 Å². The van der Waals surface area contributed by atoms with E-state index in [2.05, 4.69) is 20.7 Å². The topological polar surface area (TPSA) is 35.5 Å². The van der Waals surface area contributed by atoms with Crippen molar-refractivity contribution in [1.29, 1.82) is 0 Å². The second-order valence-corrected chi connectivity index (χ2v) is 3.61. The van der Waals surface area contributed by atoms with Gasteiger partial charge in [-0.25, -0.2) is 4.79 Å². The van der Waals surface area contributed by atoms with E-state index in [9.17, 15) is 4.79 Å². The van der Waals surface area contributed by atoms with Crippen molar-refractivity contribution >= 4 is 28.0 Å². The molecule has 0 aliphatic heterocycles. The molecule has 0 atom stereocenters. The largest absolute Gasteiger partial charge is 0.497 e. The molecule has 1 aromatic rings. The van der Waals surface area contributed by atoms with E-state index in [0.717, 1.165) is 11.3 Å². The molecule has 0 aliphatic rings. The highest BCUT2D eigenvalue weighted by Crippen LogP contribution is 2.18. The Morgan fingerprint density at radius 1 is 1.40 bits per heavy atom. The van der Waals surface area contributed by atoms with Crippen LogP contribution in [0.3, 0.4) is 0 Å². The number of hydrogen-bond acceptors (Lipinski definition) is 3. The average Bonchev–Trinajstić information content (AvgIpc) is 2.28. The third-order valence-electron chi connectivity index (χ3n) is 1.77. The van der Waals surface area contributed by atoms with Gasteiger partial charge in [0.1, 0.15) is 10.2 Å². The molecule has 3 nitrogen and oxygen atoms in total. The maximum absolute atomic E-state index is 11.1. The average molecular weight is 271 g/mol. The number of rotatable bonds is 3. The number of carbonyl (C=O) groups excluding carboxylic acids is 1. The van der Waals surface area contributed by atoms with Gasteiger partial charge in [-0.2, -0.15) is 0 Å². The maximum atomic E-state index is 11.1. The van der Waals surface area contributed by atoms with Gasteiger partial charge in [0.2, 0.25) is 0 Å². The Labute approximate surface area is 96.8 Å². The Hall–Kier alpha value is -1.29. The predicted octanol–water partition coefficient (Wildman–Crippen LogP) is 2.60. The van der Waals surface area contributed by atoms with Gasteiger partial charge in [-0.05, 0) is 39.7 Å². The van der Waals surface area contributed by atoms with Crippen molar-refractivity contribution < 1.29 is 14.3 Å². The van der Waals surface area contributed by atoms with Gasteiger partial charge in [-0.15, -0.1) is 0 Å². The van der Waals surface area contributed by atoms with Crippen LogP contribution >= 0.6 is 15.9 Å². The van der Waals surface area contributed by atoms with E-state index in [-0.39, 0.29) is 0 Å². The highest BCUT2D eigenvalue weighted by Gasteiger charge is 2.04. The first kappa shape index (κ1) is 11.8. The number of ether oxygens (including phenoxy) is 2. The standard InChI is InChI=1S/C11H11BrO3/c1-14-9-5-3-4-8(6-9)7-10(12)11(13)15-2/h3-7H,1-2H3/b10-7+. The predicted molar refractivity (Wildman–Crippen MR) is 61.9 cm³/mol. The summed E-state index contributed by atoms with van der Waals surface area (Å²) < 4.78 is 9.99. The van der Waals surface area contributed by atoms with Gasteiger partial charge in [-0.3, -0.25) is 0 Å². The van der Waals surface area contributed by atoms with E-state index in [0.29, 0.717) is 4.48 Å². The van der Waals surface area contributed by atoms with Crippen LogP contribution in [0.1, 0.15) is 5.56 Å². The van der Waals surface area contributed by atoms with Crippen molar-refractivity contribution in [3.8, 4) is 5.75 Å². The molecule has 0 N–H and O–H groups in total. The number of carbonyl (C=O) groups is 1. The minimum absolute atomic E-state index is 0.373. The molecule has 0 radical (unpaired) electrons. The molecular formula is C11H11BrO3. The summed E-state index contributed by atoms with van der Waals surface area (Å²) in [5, 5.41) is 0. The van der Waals surface area contributed by atoms with Gasteiger partial charge in [0.25, 0.3) is 0 Å². The fraction of sp³-hybridized carbons (Fsp3) is 0.182. The number of halogens is 1. The van der Waals surface area contributed by atoms with Crippen LogP contribution in [0.25, 0.3) is 6.08 Å². The summed E-state index contributed by atoms with van der Waals surface area (Å²) in [7, 11) is 2.93. The molecule has 1 aromatic carbocycles. The lowest BCUT2D eigenvalue weighted by Crippen LogP contribution is -1.98. The second kappa shape index (κ2) is 5.56. The summed E-state index contributed by atoms with van der Waals surface area (Å²) in [6, 6.07) is 7.38. The summed E-state index contributed by atoms with van der Waals surface area (Å²) >= 11 is 3.13. The molecule has 0 spiro atoms. The van der Waals surface area contributed by atoms with Crippen LogP contribution in [-0.4, -0.2) is 20.2 Å². The lowest BCUT2D eigenvalue weighted by Gasteiger charge is -2.01. The molecule has 0 fully saturated rings. The van der Waals surface area contributed by atoms with E-state index < -0.39 is 5.97 Å². The zero-order valence-corrected chi connectivity index (χ0v) is 10.1. The van der Waals surface area contributed by atoms with Crippen LogP contribution in [0.4, 0.5) is 0 Å². The molecule has 0 bridgehead atoms. The maximum Gasteiger partial charge on any atom is 0.344 e. The quantitative estimate of drug-likeness (QED) is 0.626. The van der Waals surface area contributed by atoms with Crippen LogP contribution in [0.15, 0.2) is 28.7 Å². The molecule has 0 saturated heterocycles. The summed E-state index contributed by atoms with van der Waals surface area (Å²) in [6.07, 6.45) is 1.67. The van der Waals surface area contributed by atoms with Gasteiger partial charge in [0.05, 0.1) is 14.2 Å². The molecule has 80 valence electrons. The Balaban J connectivity index is 2.92. The minimum Gasteiger partial charge on any atom is -0.497 e. The second-order valence-electron chi connectivity index (χ2n) is 2.76. The first-order chi connectivity index (χ1) is 7.17. The number of methoxy groups -OCH3 is 2. The summed E-state index contributed by atoms with van der Waals surface area (Å²) in [5.74, 6) is 0.340. The fourth-order valence-corrected chi connectivity index (χ4v) is 1.46. The van der Waals surface area contributed by atoms with Crippen LogP contribution in [-0.2, 0) is 9.53 Å². The molecule has 4 heteroatoms. The number of esters is 1. The fourth-order valence-electron chi connectivity index (χ4n) is 1.03. The lowest BCUT2D eigenvalue weighted by molar-refractivity contribution is -0.135. The third kappa shape index (κ3) is 3.40. The SMILES string of the molecule is COC(=O)/C(Br)=C\c1cccc(OC)c1. The van der Waals surface area contributed by atoms with Crippen LogP contribution in [0.5, 0.6) is 5.75 Å². The highest BCUT2D eigenvalue weighted by atomic mass is 79.9. The van der Waals surface area contributed by atoms with Gasteiger partial charge in [-0.1, -0.05) is 12.1 Å². The Morgan fingerprint density at radius 2 is 2.13 bits per heavy atom. The summed E-state index contributed by atoms with van der Waals surface area (Å²) in [5.41, 5.74) is 0.867. The van der Waals surface area contributed by atoms with E-state index in [4.69, 9.17) is 4.74 Å². The number of benzene rings is 1. The molecule has 0 aromatic heterocycles. The van der Waals surface area contributed by atoms with Crippen molar-refractivity contribution in [2.45, 2.75) is 0 Å². The monoisotopic (exact) mass is 270 g/mol. The summed E-state index contributed by atoms with van der Waals surface area (Å²) in [4.78, 5) is 11.1. The normalized spacial score (nSPS) is 11.0. The van der Waals surface area contributed by atoms with Crippen LogP contribution in [0.2, 0.25) is 0 Å². The molecule has 15 heavy (non-hydrogen) atoms. The van der Waals surface area contributed by atoms with Crippen molar-refractivity contribution in [2.75, 3.05) is 14.2 Å². The van der Waals surface area contributed by atoms with Crippen LogP contribution < -0.4 is 4.74 Å². The van der Waals surface area contributed by atoms with Gasteiger partial charge >= 0.3 is 5.97 Å². The van der Waals surface area contributed by atoms with Crippen molar-refractivity contribution in [3.05, 3.63) is 34.3 Å². The molecule has 0 aliphatic carbocycles. The van der Waals surface area contributed by atoms with E-state index >= 15 is 0 Å². The third-order valence-corrected chi connectivity index (χ3v) is 2.32. The molecule has 0 saturated carbocycles. The highest BCUT2D eigenvalue weighted by molar-refractivity contribution is 9.12. The summed E-state index contributed by atoms with van der Waals surface area (Å²) in [6.45, 7) is 0. The smallest absolute Gasteiger partial charge is 0.344 e. The van der Waals surface area contributed by atoms with Crippen molar-refractivity contribution in [2.24, 2.45) is 0 Å². The molecule has 1 rings (SSSR count). The zero-order valence-electron chi connectivity index (χ0n) is 8.49. The Bertz CT molecular complexity index is 385. The molecule has 0 unspecified atom stereocenters. The van der Waals surface area contributed by atoms with Crippen LogP contribution in [0, 0.1) is 0 Å². The van der Waals surface area contributed by atoms with Crippen molar-refractivity contribution in [1.82, 2.24) is 0 Å². The first-order valence-corrected chi connectivity index (χ1v) is 5.06. The van der Waals surface area contributed by atoms with Gasteiger partial charge in [0, 0.05) is 0 Å². The molecule has 0 heterocycles. The van der Waals surface area contributed by atoms with Crippen molar-refractivity contribution in [3.63, 3.8) is 0 Å². The van der Waals surface area contributed by atoms with Gasteiger partial charge in [0.15, 0.2) is 0 Å². The first-order valence-electron chi connectivity index (χ1n) is 4.27. The molecular weight excluding hydrogens is 260 g/mol. The van der Waals surface area contributed by atoms with Gasteiger partial charge < -0.3 is 9.47 Å². The Kier molecular flexibility index (Phi) is 4.37. The Morgan fingerprint density at radius 3 is 2.73 bits per heavy atom. The lowest BCUT2D eigenvalue weighted by atomic mass is 10.2. The number of hydrogen-bond donors (Lipinski definition) is 0. The van der Waals surface area contributed by atoms with E-state index in [1.165, 1.54) is 7.11 Å².